The third-order valence-electron chi connectivity index (χ3n) is 4.56. The smallest absolute Gasteiger partial charge is 0.249 e. The van der Waals surface area contributed by atoms with E-state index < -0.39 is 6.04 Å². The highest BCUT2D eigenvalue weighted by atomic mass is 16.3. The zero-order valence-electron chi connectivity index (χ0n) is 16.5. The Morgan fingerprint density at radius 3 is 2.66 bits per heavy atom. The lowest BCUT2D eigenvalue weighted by Gasteiger charge is -2.16. The van der Waals surface area contributed by atoms with Gasteiger partial charge in [0.15, 0.2) is 5.58 Å². The zero-order valence-corrected chi connectivity index (χ0v) is 16.5. The van der Waals surface area contributed by atoms with E-state index in [0.29, 0.717) is 29.1 Å². The fourth-order valence-corrected chi connectivity index (χ4v) is 3.01. The van der Waals surface area contributed by atoms with Crippen molar-refractivity contribution in [3.05, 3.63) is 66.3 Å². The van der Waals surface area contributed by atoms with Crippen LogP contribution >= 0.6 is 0 Å². The summed E-state index contributed by atoms with van der Waals surface area (Å²) in [7, 11) is 0. The molecule has 0 spiro atoms. The molecule has 1 unspecified atom stereocenters. The third-order valence-corrected chi connectivity index (χ3v) is 4.56. The van der Waals surface area contributed by atoms with Gasteiger partial charge in [0.2, 0.25) is 11.8 Å². The molecular formula is C21H22N6O2. The molecule has 4 aromatic rings. The maximum absolute atomic E-state index is 13.0. The first-order chi connectivity index (χ1) is 13.9. The molecule has 0 saturated carbocycles. The Morgan fingerprint density at radius 2 is 1.97 bits per heavy atom. The second kappa shape index (κ2) is 7.46. The van der Waals surface area contributed by atoms with Crippen molar-refractivity contribution in [2.45, 2.75) is 38.6 Å². The van der Waals surface area contributed by atoms with Gasteiger partial charge in [-0.05, 0) is 34.2 Å². The summed E-state index contributed by atoms with van der Waals surface area (Å²) >= 11 is 0. The van der Waals surface area contributed by atoms with Crippen molar-refractivity contribution in [2.75, 3.05) is 5.32 Å². The van der Waals surface area contributed by atoms with Crippen molar-refractivity contribution in [3.63, 3.8) is 0 Å². The van der Waals surface area contributed by atoms with Crippen LogP contribution < -0.4 is 5.32 Å². The fraction of sp³-hybridized carbons (Fsp3) is 0.286. The van der Waals surface area contributed by atoms with E-state index in [4.69, 9.17) is 4.42 Å². The molecule has 0 bridgehead atoms. The summed E-state index contributed by atoms with van der Waals surface area (Å²) in [5, 5.41) is 14.2. The Labute approximate surface area is 167 Å². The van der Waals surface area contributed by atoms with Crippen LogP contribution in [0, 0.1) is 0 Å². The van der Waals surface area contributed by atoms with Crippen molar-refractivity contribution in [1.82, 2.24) is 25.2 Å². The molecule has 0 aliphatic heterocycles. The number of nitrogens with zero attached hydrogens (tertiary/aromatic N) is 5. The molecule has 0 aliphatic rings. The summed E-state index contributed by atoms with van der Waals surface area (Å²) in [4.78, 5) is 17.6. The van der Waals surface area contributed by atoms with Gasteiger partial charge in [0.25, 0.3) is 0 Å². The zero-order chi connectivity index (χ0) is 20.4. The third kappa shape index (κ3) is 4.16. The number of amides is 1. The molecule has 4 rings (SSSR count). The molecule has 0 radical (unpaired) electrons. The molecule has 29 heavy (non-hydrogen) atoms. The number of oxazole rings is 1. The maximum Gasteiger partial charge on any atom is 0.249 e. The highest BCUT2D eigenvalue weighted by Gasteiger charge is 2.24. The molecule has 2 heterocycles. The van der Waals surface area contributed by atoms with Crippen molar-refractivity contribution < 1.29 is 9.21 Å². The van der Waals surface area contributed by atoms with Crippen LogP contribution in [0.1, 0.15) is 38.3 Å². The number of carbonyl (C=O) groups is 1. The van der Waals surface area contributed by atoms with Crippen LogP contribution in [0.5, 0.6) is 0 Å². The van der Waals surface area contributed by atoms with E-state index in [1.165, 1.54) is 11.0 Å². The standard InChI is InChI=1S/C21H22N6O2/c1-21(2,3)20-24-16-12-15(9-10-18(16)29-20)23-19(28)17(27-13-22-25-26-27)11-14-7-5-4-6-8-14/h4-10,12-13,17H,11H2,1-3H3,(H,23,28). The van der Waals surface area contributed by atoms with Gasteiger partial charge in [-0.2, -0.15) is 0 Å². The number of fused-ring (bicyclic) bond motifs is 1. The Balaban J connectivity index is 1.58. The summed E-state index contributed by atoms with van der Waals surface area (Å²) in [6, 6.07) is 14.6. The average Bonchev–Trinajstić information content (AvgIpc) is 3.36. The lowest BCUT2D eigenvalue weighted by Crippen LogP contribution is -2.28. The van der Waals surface area contributed by atoms with E-state index in [0.717, 1.165) is 5.56 Å². The van der Waals surface area contributed by atoms with E-state index in [2.05, 4.69) is 25.8 Å². The molecule has 1 atom stereocenters. The summed E-state index contributed by atoms with van der Waals surface area (Å²) in [5.74, 6) is 0.451. The number of benzene rings is 2. The van der Waals surface area contributed by atoms with Gasteiger partial charge in [0.1, 0.15) is 17.9 Å². The van der Waals surface area contributed by atoms with Crippen LogP contribution in [0.2, 0.25) is 0 Å². The second-order valence-corrected chi connectivity index (χ2v) is 7.94. The summed E-state index contributed by atoms with van der Waals surface area (Å²) in [6.07, 6.45) is 1.92. The first-order valence-corrected chi connectivity index (χ1v) is 9.38. The molecule has 0 saturated heterocycles. The molecule has 0 fully saturated rings. The number of carbonyl (C=O) groups excluding carboxylic acids is 1. The Bertz CT molecular complexity index is 1110. The predicted molar refractivity (Wildman–Crippen MR) is 108 cm³/mol. The van der Waals surface area contributed by atoms with Crippen LogP contribution in [0.25, 0.3) is 11.1 Å². The van der Waals surface area contributed by atoms with Gasteiger partial charge in [0, 0.05) is 17.5 Å². The normalized spacial score (nSPS) is 12.8. The SMILES string of the molecule is CC(C)(C)c1nc2cc(NC(=O)C(Cc3ccccc3)n3cnnn3)ccc2o1. The molecule has 2 aromatic carbocycles. The molecule has 8 nitrogen and oxygen atoms in total. The largest absolute Gasteiger partial charge is 0.440 e. The molecule has 2 aromatic heterocycles. The summed E-state index contributed by atoms with van der Waals surface area (Å²) < 4.78 is 7.29. The second-order valence-electron chi connectivity index (χ2n) is 7.94. The molecule has 1 amide bonds. The van der Waals surface area contributed by atoms with E-state index in [-0.39, 0.29) is 11.3 Å². The van der Waals surface area contributed by atoms with Crippen molar-refractivity contribution in [1.29, 1.82) is 0 Å². The van der Waals surface area contributed by atoms with E-state index in [1.807, 2.05) is 63.2 Å². The first-order valence-electron chi connectivity index (χ1n) is 9.38. The van der Waals surface area contributed by atoms with Gasteiger partial charge in [0.05, 0.1) is 0 Å². The number of rotatable bonds is 5. The minimum Gasteiger partial charge on any atom is -0.440 e. The Morgan fingerprint density at radius 1 is 1.17 bits per heavy atom. The van der Waals surface area contributed by atoms with Crippen LogP contribution in [0.4, 0.5) is 5.69 Å². The summed E-state index contributed by atoms with van der Waals surface area (Å²) in [6.45, 7) is 6.13. The number of anilines is 1. The number of hydrogen-bond acceptors (Lipinski definition) is 6. The lowest BCUT2D eigenvalue weighted by molar-refractivity contribution is -0.119. The number of aromatic nitrogens is 5. The van der Waals surface area contributed by atoms with Gasteiger partial charge < -0.3 is 9.73 Å². The lowest BCUT2D eigenvalue weighted by atomic mass is 9.97. The van der Waals surface area contributed by atoms with Gasteiger partial charge in [-0.1, -0.05) is 51.1 Å². The van der Waals surface area contributed by atoms with Gasteiger partial charge in [-0.15, -0.1) is 5.10 Å². The van der Waals surface area contributed by atoms with Crippen molar-refractivity contribution in [3.8, 4) is 0 Å². The minimum atomic E-state index is -0.578. The van der Waals surface area contributed by atoms with Crippen molar-refractivity contribution in [2.24, 2.45) is 0 Å². The maximum atomic E-state index is 13.0. The van der Waals surface area contributed by atoms with Crippen LogP contribution in [-0.4, -0.2) is 31.1 Å². The monoisotopic (exact) mass is 390 g/mol. The molecular weight excluding hydrogens is 368 g/mol. The summed E-state index contributed by atoms with van der Waals surface area (Å²) in [5.41, 5.74) is 2.86. The molecule has 8 heteroatoms. The fourth-order valence-electron chi connectivity index (χ4n) is 3.01. The number of tetrazole rings is 1. The number of hydrogen-bond donors (Lipinski definition) is 1. The van der Waals surface area contributed by atoms with E-state index in [1.54, 1.807) is 6.07 Å². The Kier molecular flexibility index (Phi) is 4.84. The molecule has 0 aliphatic carbocycles. The predicted octanol–water partition coefficient (Wildman–Crippen LogP) is 3.53. The highest BCUT2D eigenvalue weighted by Crippen LogP contribution is 2.27. The van der Waals surface area contributed by atoms with Crippen LogP contribution in [-0.2, 0) is 16.6 Å². The Hall–Kier alpha value is -3.55. The molecule has 1 N–H and O–H groups in total. The molecule has 148 valence electrons. The van der Waals surface area contributed by atoms with Gasteiger partial charge in [-0.25, -0.2) is 9.67 Å². The van der Waals surface area contributed by atoms with E-state index in [9.17, 15) is 4.79 Å². The highest BCUT2D eigenvalue weighted by molar-refractivity contribution is 5.95. The van der Waals surface area contributed by atoms with Gasteiger partial charge >= 0.3 is 0 Å². The average molecular weight is 390 g/mol. The number of nitrogens with one attached hydrogen (secondary N) is 1. The van der Waals surface area contributed by atoms with Crippen LogP contribution in [0.3, 0.4) is 0 Å². The quantitative estimate of drug-likeness (QED) is 0.560. The van der Waals surface area contributed by atoms with Gasteiger partial charge in [-0.3, -0.25) is 4.79 Å². The van der Waals surface area contributed by atoms with Crippen molar-refractivity contribution >= 4 is 22.7 Å². The first kappa shape index (κ1) is 18.8. The van der Waals surface area contributed by atoms with E-state index >= 15 is 0 Å². The minimum absolute atomic E-state index is 0.191. The topological polar surface area (TPSA) is 98.7 Å². The van der Waals surface area contributed by atoms with Crippen LogP contribution in [0.15, 0.2) is 59.3 Å².